The lowest BCUT2D eigenvalue weighted by Crippen LogP contribution is -2.23. The molecular weight excluding hydrogens is 430 g/mol. The molecule has 4 aromatic rings. The zero-order valence-electron chi connectivity index (χ0n) is 17.4. The van der Waals surface area contributed by atoms with Crippen LogP contribution < -0.4 is 5.32 Å². The summed E-state index contributed by atoms with van der Waals surface area (Å²) in [6, 6.07) is 19.3. The Morgan fingerprint density at radius 1 is 0.938 bits per heavy atom. The van der Waals surface area contributed by atoms with Crippen LogP contribution in [-0.2, 0) is 4.79 Å². The molecule has 1 amide bonds. The molecule has 1 atom stereocenters. The number of carbonyl (C=O) groups is 1. The molecule has 8 heteroatoms. The first-order valence-corrected chi connectivity index (χ1v) is 10.8. The second-order valence-electron chi connectivity index (χ2n) is 7.19. The van der Waals surface area contributed by atoms with E-state index in [0.717, 1.165) is 11.3 Å². The third-order valence-corrected chi connectivity index (χ3v) is 5.92. The minimum atomic E-state index is -0.487. The van der Waals surface area contributed by atoms with Crippen molar-refractivity contribution in [3.05, 3.63) is 90.0 Å². The number of para-hydroxylation sites is 1. The zero-order chi connectivity index (χ0) is 22.7. The first-order valence-electron chi connectivity index (χ1n) is 9.93. The Morgan fingerprint density at radius 2 is 1.56 bits per heavy atom. The maximum Gasteiger partial charge on any atom is 0.237 e. The third kappa shape index (κ3) is 4.70. The molecule has 0 aliphatic carbocycles. The first kappa shape index (κ1) is 21.7. The first-order chi connectivity index (χ1) is 15.4. The van der Waals surface area contributed by atoms with Crippen LogP contribution in [0.1, 0.15) is 12.5 Å². The van der Waals surface area contributed by atoms with Crippen LogP contribution in [0.2, 0.25) is 0 Å². The molecule has 1 aromatic heterocycles. The van der Waals surface area contributed by atoms with Crippen LogP contribution in [0.15, 0.2) is 78.0 Å². The summed E-state index contributed by atoms with van der Waals surface area (Å²) in [5.74, 6) is -0.449. The van der Waals surface area contributed by atoms with Gasteiger partial charge in [-0.15, -0.1) is 10.2 Å². The molecule has 1 unspecified atom stereocenters. The predicted molar refractivity (Wildman–Crippen MR) is 122 cm³/mol. The highest BCUT2D eigenvalue weighted by molar-refractivity contribution is 8.00. The summed E-state index contributed by atoms with van der Waals surface area (Å²) in [6.07, 6.45) is 0. The summed E-state index contributed by atoms with van der Waals surface area (Å²) in [6.45, 7) is 3.70. The monoisotopic (exact) mass is 450 g/mol. The Kier molecular flexibility index (Phi) is 6.32. The zero-order valence-corrected chi connectivity index (χ0v) is 18.2. The molecule has 32 heavy (non-hydrogen) atoms. The fourth-order valence-electron chi connectivity index (χ4n) is 3.11. The molecule has 0 bridgehead atoms. The molecule has 4 rings (SSSR count). The van der Waals surface area contributed by atoms with E-state index in [1.807, 2.05) is 31.2 Å². The van der Waals surface area contributed by atoms with Crippen LogP contribution in [0.3, 0.4) is 0 Å². The summed E-state index contributed by atoms with van der Waals surface area (Å²) in [5.41, 5.74) is 2.99. The van der Waals surface area contributed by atoms with Crippen molar-refractivity contribution in [1.29, 1.82) is 0 Å². The van der Waals surface area contributed by atoms with Crippen LogP contribution in [0.25, 0.3) is 17.1 Å². The van der Waals surface area contributed by atoms with Crippen LogP contribution >= 0.6 is 11.8 Å². The van der Waals surface area contributed by atoms with E-state index in [2.05, 4.69) is 15.5 Å². The van der Waals surface area contributed by atoms with Crippen molar-refractivity contribution < 1.29 is 13.6 Å². The van der Waals surface area contributed by atoms with Gasteiger partial charge >= 0.3 is 0 Å². The lowest BCUT2D eigenvalue weighted by Gasteiger charge is -2.15. The number of hydrogen-bond donors (Lipinski definition) is 1. The number of thioether (sulfide) groups is 1. The minimum Gasteiger partial charge on any atom is -0.325 e. The van der Waals surface area contributed by atoms with Crippen LogP contribution in [0.4, 0.5) is 14.5 Å². The molecule has 0 saturated carbocycles. The molecule has 0 radical (unpaired) electrons. The predicted octanol–water partition coefficient (Wildman–Crippen LogP) is 5.64. The van der Waals surface area contributed by atoms with Gasteiger partial charge in [-0.05, 0) is 74.0 Å². The lowest BCUT2D eigenvalue weighted by atomic mass is 10.2. The quantitative estimate of drug-likeness (QED) is 0.386. The largest absolute Gasteiger partial charge is 0.325 e. The molecule has 0 aliphatic heterocycles. The van der Waals surface area contributed by atoms with E-state index in [1.165, 1.54) is 36.0 Å². The van der Waals surface area contributed by atoms with E-state index in [9.17, 15) is 13.6 Å². The van der Waals surface area contributed by atoms with E-state index in [0.29, 0.717) is 22.2 Å². The van der Waals surface area contributed by atoms with Crippen LogP contribution in [-0.4, -0.2) is 25.9 Å². The van der Waals surface area contributed by atoms with Crippen molar-refractivity contribution in [3.63, 3.8) is 0 Å². The molecule has 0 aliphatic rings. The number of nitrogens with zero attached hydrogens (tertiary/aromatic N) is 3. The van der Waals surface area contributed by atoms with Gasteiger partial charge in [0.2, 0.25) is 5.91 Å². The topological polar surface area (TPSA) is 59.8 Å². The van der Waals surface area contributed by atoms with Crippen LogP contribution in [0.5, 0.6) is 0 Å². The molecule has 1 N–H and O–H groups in total. The lowest BCUT2D eigenvalue weighted by molar-refractivity contribution is -0.115. The number of benzene rings is 3. The number of aryl methyl sites for hydroxylation is 1. The summed E-state index contributed by atoms with van der Waals surface area (Å²) in [4.78, 5) is 12.8. The number of hydrogen-bond acceptors (Lipinski definition) is 4. The second kappa shape index (κ2) is 9.32. The Hall–Kier alpha value is -3.52. The second-order valence-corrected chi connectivity index (χ2v) is 8.50. The third-order valence-electron chi connectivity index (χ3n) is 4.87. The van der Waals surface area contributed by atoms with Gasteiger partial charge in [0, 0.05) is 16.9 Å². The van der Waals surface area contributed by atoms with Gasteiger partial charge in [-0.3, -0.25) is 9.36 Å². The van der Waals surface area contributed by atoms with E-state index >= 15 is 0 Å². The van der Waals surface area contributed by atoms with Crippen LogP contribution in [0, 0.1) is 18.6 Å². The Balaban J connectivity index is 1.66. The van der Waals surface area contributed by atoms with E-state index < -0.39 is 5.25 Å². The normalized spacial score (nSPS) is 11.9. The maximum absolute atomic E-state index is 13.5. The molecule has 0 spiro atoms. The molecule has 162 valence electrons. The van der Waals surface area contributed by atoms with Gasteiger partial charge in [-0.1, -0.05) is 30.0 Å². The van der Waals surface area contributed by atoms with Crippen molar-refractivity contribution in [2.45, 2.75) is 24.3 Å². The summed E-state index contributed by atoms with van der Waals surface area (Å²) >= 11 is 1.23. The number of nitrogens with one attached hydrogen (secondary N) is 1. The van der Waals surface area contributed by atoms with Gasteiger partial charge in [0.25, 0.3) is 0 Å². The Bertz CT molecular complexity index is 1240. The number of aromatic nitrogens is 3. The molecular formula is C24H20F2N4OS. The van der Waals surface area contributed by atoms with E-state index in [-0.39, 0.29) is 17.5 Å². The molecule has 3 aromatic carbocycles. The number of anilines is 1. The molecule has 1 heterocycles. The molecule has 5 nitrogen and oxygen atoms in total. The smallest absolute Gasteiger partial charge is 0.237 e. The average Bonchev–Trinajstić information content (AvgIpc) is 3.19. The summed E-state index contributed by atoms with van der Waals surface area (Å²) < 4.78 is 28.7. The van der Waals surface area contributed by atoms with Gasteiger partial charge in [0.05, 0.1) is 5.25 Å². The van der Waals surface area contributed by atoms with Gasteiger partial charge in [-0.2, -0.15) is 0 Å². The SMILES string of the molecule is Cc1ccccc1NC(=O)C(C)Sc1nnc(-c2ccc(F)cc2)n1-c1ccc(F)cc1. The van der Waals surface area contributed by atoms with Crippen molar-refractivity contribution >= 4 is 23.4 Å². The van der Waals surface area contributed by atoms with Crippen molar-refractivity contribution in [2.24, 2.45) is 0 Å². The molecule has 0 fully saturated rings. The van der Waals surface area contributed by atoms with Crippen molar-refractivity contribution in [3.8, 4) is 17.1 Å². The van der Waals surface area contributed by atoms with Gasteiger partial charge in [-0.25, -0.2) is 8.78 Å². The molecule has 0 saturated heterocycles. The van der Waals surface area contributed by atoms with E-state index in [1.54, 1.807) is 35.8 Å². The van der Waals surface area contributed by atoms with Crippen molar-refractivity contribution in [2.75, 3.05) is 5.32 Å². The van der Waals surface area contributed by atoms with Crippen molar-refractivity contribution in [1.82, 2.24) is 14.8 Å². The Morgan fingerprint density at radius 3 is 2.22 bits per heavy atom. The van der Waals surface area contributed by atoms with Gasteiger partial charge in [0.15, 0.2) is 11.0 Å². The number of halogens is 2. The van der Waals surface area contributed by atoms with Gasteiger partial charge < -0.3 is 5.32 Å². The highest BCUT2D eigenvalue weighted by atomic mass is 32.2. The summed E-state index contributed by atoms with van der Waals surface area (Å²) in [5, 5.41) is 11.4. The standard InChI is InChI=1S/C24H20F2N4OS/c1-15-5-3-4-6-21(15)27-23(31)16(2)32-24-29-28-22(17-7-9-18(25)10-8-17)30(24)20-13-11-19(26)12-14-20/h3-14,16H,1-2H3,(H,27,31). The maximum atomic E-state index is 13.5. The van der Waals surface area contributed by atoms with E-state index in [4.69, 9.17) is 0 Å². The highest BCUT2D eigenvalue weighted by Crippen LogP contribution is 2.31. The fourth-order valence-corrected chi connectivity index (χ4v) is 3.98. The fraction of sp³-hybridized carbons (Fsp3) is 0.125. The average molecular weight is 451 g/mol. The Labute approximate surface area is 188 Å². The minimum absolute atomic E-state index is 0.179. The number of amides is 1. The summed E-state index contributed by atoms with van der Waals surface area (Å²) in [7, 11) is 0. The number of rotatable bonds is 6. The number of carbonyl (C=O) groups excluding carboxylic acids is 1. The van der Waals surface area contributed by atoms with Gasteiger partial charge in [0.1, 0.15) is 11.6 Å². The highest BCUT2D eigenvalue weighted by Gasteiger charge is 2.22.